The standard InChI is InChI=1S/C17H23N3/c1-20(14-10-16-8-11-19-12-9-16)13-2-3-15-4-6-17(18)7-5-15/h4-9,11-12H,2-3,10,13-14,18H2,1H3. The monoisotopic (exact) mass is 269 g/mol. The van der Waals surface area contributed by atoms with Crippen molar-refractivity contribution < 1.29 is 0 Å². The molecule has 0 amide bonds. The van der Waals surface area contributed by atoms with Crippen LogP contribution in [-0.4, -0.2) is 30.0 Å². The number of benzene rings is 1. The number of anilines is 1. The van der Waals surface area contributed by atoms with E-state index < -0.39 is 0 Å². The summed E-state index contributed by atoms with van der Waals surface area (Å²) in [4.78, 5) is 6.43. The van der Waals surface area contributed by atoms with Gasteiger partial charge in [-0.3, -0.25) is 4.98 Å². The van der Waals surface area contributed by atoms with E-state index in [2.05, 4.69) is 41.2 Å². The predicted molar refractivity (Wildman–Crippen MR) is 84.6 cm³/mol. The van der Waals surface area contributed by atoms with Gasteiger partial charge < -0.3 is 10.6 Å². The molecule has 0 aliphatic carbocycles. The summed E-state index contributed by atoms with van der Waals surface area (Å²) in [6.07, 6.45) is 7.09. The quantitative estimate of drug-likeness (QED) is 0.786. The summed E-state index contributed by atoms with van der Waals surface area (Å²) in [5, 5.41) is 0. The lowest BCUT2D eigenvalue weighted by Gasteiger charge is -2.16. The number of aryl methyl sites for hydroxylation is 1. The Morgan fingerprint density at radius 3 is 2.25 bits per heavy atom. The normalized spacial score (nSPS) is 10.9. The van der Waals surface area contributed by atoms with Crippen molar-refractivity contribution in [3.05, 3.63) is 59.9 Å². The fourth-order valence-corrected chi connectivity index (χ4v) is 2.22. The zero-order chi connectivity index (χ0) is 14.2. The van der Waals surface area contributed by atoms with Crippen LogP contribution in [0.4, 0.5) is 5.69 Å². The largest absolute Gasteiger partial charge is 0.399 e. The molecule has 3 heteroatoms. The molecule has 0 atom stereocenters. The fraction of sp³-hybridized carbons (Fsp3) is 0.353. The molecule has 0 fully saturated rings. The molecule has 2 aromatic rings. The molecule has 2 rings (SSSR count). The average Bonchev–Trinajstić information content (AvgIpc) is 2.48. The summed E-state index contributed by atoms with van der Waals surface area (Å²) in [5.41, 5.74) is 9.24. The Hall–Kier alpha value is -1.87. The lowest BCUT2D eigenvalue weighted by molar-refractivity contribution is 0.333. The van der Waals surface area contributed by atoms with Crippen molar-refractivity contribution in [1.29, 1.82) is 0 Å². The molecule has 0 bridgehead atoms. The van der Waals surface area contributed by atoms with Crippen molar-refractivity contribution >= 4 is 5.69 Å². The summed E-state index contributed by atoms with van der Waals surface area (Å²) in [6.45, 7) is 2.21. The second-order valence-electron chi connectivity index (χ2n) is 5.25. The Morgan fingerprint density at radius 2 is 1.55 bits per heavy atom. The molecule has 0 radical (unpaired) electrons. The SMILES string of the molecule is CN(CCCc1ccc(N)cc1)CCc1ccncc1. The van der Waals surface area contributed by atoms with Gasteiger partial charge in [0.1, 0.15) is 0 Å². The molecule has 106 valence electrons. The van der Waals surface area contributed by atoms with E-state index in [0.29, 0.717) is 0 Å². The first-order valence-corrected chi connectivity index (χ1v) is 7.16. The number of nitrogen functional groups attached to an aromatic ring is 1. The lowest BCUT2D eigenvalue weighted by Crippen LogP contribution is -2.22. The Balaban J connectivity index is 1.65. The van der Waals surface area contributed by atoms with E-state index in [9.17, 15) is 0 Å². The highest BCUT2D eigenvalue weighted by molar-refractivity contribution is 5.39. The predicted octanol–water partition coefficient (Wildman–Crippen LogP) is 2.77. The molecule has 0 saturated heterocycles. The van der Waals surface area contributed by atoms with E-state index in [-0.39, 0.29) is 0 Å². The van der Waals surface area contributed by atoms with Crippen molar-refractivity contribution in [2.75, 3.05) is 25.9 Å². The second-order valence-corrected chi connectivity index (χ2v) is 5.25. The summed E-state index contributed by atoms with van der Waals surface area (Å²) in [5.74, 6) is 0. The fourth-order valence-electron chi connectivity index (χ4n) is 2.22. The summed E-state index contributed by atoms with van der Waals surface area (Å²) >= 11 is 0. The van der Waals surface area contributed by atoms with E-state index in [4.69, 9.17) is 5.73 Å². The van der Waals surface area contributed by atoms with Crippen molar-refractivity contribution in [2.45, 2.75) is 19.3 Å². The van der Waals surface area contributed by atoms with E-state index in [1.165, 1.54) is 17.5 Å². The minimum atomic E-state index is 0.836. The van der Waals surface area contributed by atoms with Gasteiger partial charge in [-0.15, -0.1) is 0 Å². The van der Waals surface area contributed by atoms with Crippen LogP contribution in [0.1, 0.15) is 17.5 Å². The van der Waals surface area contributed by atoms with Gasteiger partial charge in [0.05, 0.1) is 0 Å². The molecule has 0 saturated carbocycles. The summed E-state index contributed by atoms with van der Waals surface area (Å²) in [6, 6.07) is 12.4. The van der Waals surface area contributed by atoms with E-state index in [1.54, 1.807) is 0 Å². The van der Waals surface area contributed by atoms with Crippen LogP contribution in [0.25, 0.3) is 0 Å². The van der Waals surface area contributed by atoms with Crippen LogP contribution in [0, 0.1) is 0 Å². The highest BCUT2D eigenvalue weighted by Crippen LogP contribution is 2.08. The smallest absolute Gasteiger partial charge is 0.0314 e. The minimum Gasteiger partial charge on any atom is -0.399 e. The average molecular weight is 269 g/mol. The topological polar surface area (TPSA) is 42.1 Å². The molecule has 0 spiro atoms. The molecular formula is C17H23N3. The number of aromatic nitrogens is 1. The van der Waals surface area contributed by atoms with Crippen molar-refractivity contribution in [1.82, 2.24) is 9.88 Å². The van der Waals surface area contributed by atoms with Gasteiger partial charge in [0.15, 0.2) is 0 Å². The molecule has 3 nitrogen and oxygen atoms in total. The van der Waals surface area contributed by atoms with Crippen LogP contribution in [0.2, 0.25) is 0 Å². The van der Waals surface area contributed by atoms with Gasteiger partial charge in [-0.2, -0.15) is 0 Å². The lowest BCUT2D eigenvalue weighted by atomic mass is 10.1. The van der Waals surface area contributed by atoms with Crippen LogP contribution < -0.4 is 5.73 Å². The zero-order valence-electron chi connectivity index (χ0n) is 12.1. The number of hydrogen-bond donors (Lipinski definition) is 1. The van der Waals surface area contributed by atoms with E-state index in [1.807, 2.05) is 24.5 Å². The van der Waals surface area contributed by atoms with Gasteiger partial charge in [0.2, 0.25) is 0 Å². The number of likely N-dealkylation sites (N-methyl/N-ethyl adjacent to an activating group) is 1. The maximum atomic E-state index is 5.69. The third-order valence-electron chi connectivity index (χ3n) is 3.52. The van der Waals surface area contributed by atoms with Crippen molar-refractivity contribution in [3.63, 3.8) is 0 Å². The highest BCUT2D eigenvalue weighted by atomic mass is 15.1. The van der Waals surface area contributed by atoms with Crippen LogP contribution >= 0.6 is 0 Å². The third-order valence-corrected chi connectivity index (χ3v) is 3.52. The summed E-state index contributed by atoms with van der Waals surface area (Å²) < 4.78 is 0. The maximum Gasteiger partial charge on any atom is 0.0314 e. The van der Waals surface area contributed by atoms with Gasteiger partial charge in [-0.1, -0.05) is 12.1 Å². The number of pyridine rings is 1. The number of nitrogens with zero attached hydrogens (tertiary/aromatic N) is 2. The zero-order valence-corrected chi connectivity index (χ0v) is 12.1. The van der Waals surface area contributed by atoms with Gasteiger partial charge in [-0.25, -0.2) is 0 Å². The third kappa shape index (κ3) is 5.02. The molecule has 0 unspecified atom stereocenters. The maximum absolute atomic E-state index is 5.69. The van der Waals surface area contributed by atoms with Crippen LogP contribution in [0.5, 0.6) is 0 Å². The molecule has 2 N–H and O–H groups in total. The Bertz CT molecular complexity index is 493. The Labute approximate surface area is 121 Å². The Kier molecular flexibility index (Phi) is 5.56. The van der Waals surface area contributed by atoms with Crippen LogP contribution in [-0.2, 0) is 12.8 Å². The van der Waals surface area contributed by atoms with Crippen molar-refractivity contribution in [2.24, 2.45) is 0 Å². The molecule has 1 aromatic carbocycles. The Morgan fingerprint density at radius 1 is 0.900 bits per heavy atom. The highest BCUT2D eigenvalue weighted by Gasteiger charge is 2.00. The van der Waals surface area contributed by atoms with E-state index in [0.717, 1.165) is 31.6 Å². The van der Waals surface area contributed by atoms with Crippen LogP contribution in [0.3, 0.4) is 0 Å². The molecule has 1 heterocycles. The number of nitrogens with two attached hydrogens (primary N) is 1. The van der Waals surface area contributed by atoms with Crippen molar-refractivity contribution in [3.8, 4) is 0 Å². The summed E-state index contributed by atoms with van der Waals surface area (Å²) in [7, 11) is 2.18. The molecular weight excluding hydrogens is 246 g/mol. The first-order valence-electron chi connectivity index (χ1n) is 7.16. The van der Waals surface area contributed by atoms with Crippen LogP contribution in [0.15, 0.2) is 48.8 Å². The molecule has 1 aromatic heterocycles. The molecule has 0 aliphatic rings. The molecule has 20 heavy (non-hydrogen) atoms. The second kappa shape index (κ2) is 7.65. The first kappa shape index (κ1) is 14.5. The van der Waals surface area contributed by atoms with E-state index >= 15 is 0 Å². The van der Waals surface area contributed by atoms with Gasteiger partial charge in [0, 0.05) is 24.6 Å². The minimum absolute atomic E-state index is 0.836. The first-order chi connectivity index (χ1) is 9.74. The van der Waals surface area contributed by atoms with Gasteiger partial charge >= 0.3 is 0 Å². The number of hydrogen-bond acceptors (Lipinski definition) is 3. The van der Waals surface area contributed by atoms with Gasteiger partial charge in [0.25, 0.3) is 0 Å². The molecule has 0 aliphatic heterocycles. The number of rotatable bonds is 7. The van der Waals surface area contributed by atoms with Gasteiger partial charge in [-0.05, 0) is 68.2 Å².